The number of carbonyl (C=O) groups is 1. The van der Waals surface area contributed by atoms with E-state index in [1.54, 1.807) is 12.1 Å². The molecule has 1 aromatic rings. The summed E-state index contributed by atoms with van der Waals surface area (Å²) in [6, 6.07) is 5.32. The van der Waals surface area contributed by atoms with E-state index in [9.17, 15) is 4.79 Å². The molecule has 1 N–H and O–H groups in total. The Bertz CT molecular complexity index is 455. The number of furan rings is 1. The molecule has 0 saturated heterocycles. The van der Waals surface area contributed by atoms with Crippen LogP contribution in [0.2, 0.25) is 0 Å². The van der Waals surface area contributed by atoms with Crippen LogP contribution in [0.1, 0.15) is 51.2 Å². The zero-order valence-electron chi connectivity index (χ0n) is 12.0. The van der Waals surface area contributed by atoms with Gasteiger partial charge in [0.15, 0.2) is 0 Å². The van der Waals surface area contributed by atoms with Gasteiger partial charge >= 0.3 is 0 Å². The fraction of sp³-hybridized carbons (Fsp3) is 0.500. The van der Waals surface area contributed by atoms with Crippen LogP contribution in [0, 0.1) is 11.3 Å². The van der Waals surface area contributed by atoms with E-state index < -0.39 is 0 Å². The van der Waals surface area contributed by atoms with Crippen molar-refractivity contribution < 1.29 is 9.21 Å². The van der Waals surface area contributed by atoms with Gasteiger partial charge in [-0.3, -0.25) is 4.79 Å². The summed E-state index contributed by atoms with van der Waals surface area (Å²) < 4.78 is 5.09. The first-order valence-electron chi connectivity index (χ1n) is 7.21. The molecule has 0 unspecified atom stereocenters. The average Bonchev–Trinajstić information content (AvgIpc) is 2.96. The summed E-state index contributed by atoms with van der Waals surface area (Å²) in [5, 5.41) is 11.7. The van der Waals surface area contributed by atoms with E-state index in [2.05, 4.69) is 12.2 Å². The number of nitriles is 1. The monoisotopic (exact) mass is 274 g/mol. The molecule has 4 heteroatoms. The Morgan fingerprint density at radius 1 is 1.35 bits per heavy atom. The van der Waals surface area contributed by atoms with Gasteiger partial charge in [-0.05, 0) is 18.6 Å². The molecule has 0 spiro atoms. The second kappa shape index (κ2) is 9.85. The first kappa shape index (κ1) is 16.0. The van der Waals surface area contributed by atoms with E-state index in [-0.39, 0.29) is 11.5 Å². The van der Waals surface area contributed by atoms with Gasteiger partial charge in [0.1, 0.15) is 17.4 Å². The smallest absolute Gasteiger partial charge is 0.262 e. The Morgan fingerprint density at radius 2 is 2.10 bits per heavy atom. The van der Waals surface area contributed by atoms with Crippen molar-refractivity contribution in [3.63, 3.8) is 0 Å². The number of carbonyl (C=O) groups excluding carboxylic acids is 1. The highest BCUT2D eigenvalue weighted by Gasteiger charge is 2.08. The van der Waals surface area contributed by atoms with Gasteiger partial charge in [0, 0.05) is 12.6 Å². The maximum Gasteiger partial charge on any atom is 0.262 e. The molecule has 20 heavy (non-hydrogen) atoms. The first-order chi connectivity index (χ1) is 9.77. The van der Waals surface area contributed by atoms with Crippen molar-refractivity contribution in [3.8, 4) is 6.07 Å². The molecule has 0 bridgehead atoms. The van der Waals surface area contributed by atoms with Crippen LogP contribution in [0.4, 0.5) is 0 Å². The Morgan fingerprint density at radius 3 is 2.75 bits per heavy atom. The lowest BCUT2D eigenvalue weighted by molar-refractivity contribution is -0.117. The third kappa shape index (κ3) is 6.24. The molecule has 1 rings (SSSR count). The minimum absolute atomic E-state index is 0.0749. The summed E-state index contributed by atoms with van der Waals surface area (Å²) in [7, 11) is 0. The highest BCUT2D eigenvalue weighted by molar-refractivity contribution is 6.01. The third-order valence-electron chi connectivity index (χ3n) is 3.01. The molecule has 0 aliphatic carbocycles. The van der Waals surface area contributed by atoms with Gasteiger partial charge in [-0.2, -0.15) is 5.26 Å². The Hall–Kier alpha value is -2.02. The number of nitrogens with zero attached hydrogens (tertiary/aromatic N) is 1. The fourth-order valence-corrected chi connectivity index (χ4v) is 1.87. The molecule has 0 radical (unpaired) electrons. The SMILES string of the molecule is CCCCCCCCNC(=O)C(C#N)=Cc1ccco1. The van der Waals surface area contributed by atoms with Gasteiger partial charge in [-0.1, -0.05) is 39.0 Å². The normalized spacial score (nSPS) is 11.1. The molecule has 1 aromatic heterocycles. The summed E-state index contributed by atoms with van der Waals surface area (Å²) in [4.78, 5) is 11.8. The molecule has 4 nitrogen and oxygen atoms in total. The molecule has 0 fully saturated rings. The molecule has 0 atom stereocenters. The van der Waals surface area contributed by atoms with Crippen LogP contribution < -0.4 is 5.32 Å². The van der Waals surface area contributed by atoms with E-state index in [0.29, 0.717) is 12.3 Å². The van der Waals surface area contributed by atoms with Crippen LogP contribution in [-0.4, -0.2) is 12.5 Å². The zero-order chi connectivity index (χ0) is 14.6. The minimum Gasteiger partial charge on any atom is -0.465 e. The molecule has 0 aromatic carbocycles. The van der Waals surface area contributed by atoms with Gasteiger partial charge in [0.25, 0.3) is 5.91 Å². The van der Waals surface area contributed by atoms with E-state index in [1.807, 2.05) is 6.07 Å². The molecule has 1 heterocycles. The van der Waals surface area contributed by atoms with Crippen molar-refractivity contribution in [2.24, 2.45) is 0 Å². The topological polar surface area (TPSA) is 66.0 Å². The summed E-state index contributed by atoms with van der Waals surface area (Å²) in [6.07, 6.45) is 10.0. The fourth-order valence-electron chi connectivity index (χ4n) is 1.87. The number of hydrogen-bond acceptors (Lipinski definition) is 3. The second-order valence-corrected chi connectivity index (χ2v) is 4.71. The van der Waals surface area contributed by atoms with Crippen LogP contribution in [0.5, 0.6) is 0 Å². The first-order valence-corrected chi connectivity index (χ1v) is 7.21. The highest BCUT2D eigenvalue weighted by atomic mass is 16.3. The Balaban J connectivity index is 2.26. The molecular weight excluding hydrogens is 252 g/mol. The lowest BCUT2D eigenvalue weighted by Gasteiger charge is -2.04. The molecule has 0 saturated carbocycles. The summed E-state index contributed by atoms with van der Waals surface area (Å²) in [6.45, 7) is 2.80. The Kier molecular flexibility index (Phi) is 7.90. The third-order valence-corrected chi connectivity index (χ3v) is 3.01. The summed E-state index contributed by atoms with van der Waals surface area (Å²) >= 11 is 0. The lowest BCUT2D eigenvalue weighted by atomic mass is 10.1. The average molecular weight is 274 g/mol. The number of amides is 1. The molecule has 0 aliphatic heterocycles. The standard InChI is InChI=1S/C16H22N2O2/c1-2-3-4-5-6-7-10-18-16(19)14(13-17)12-15-9-8-11-20-15/h8-9,11-12H,2-7,10H2,1H3,(H,18,19). The van der Waals surface area contributed by atoms with Crippen LogP contribution in [0.15, 0.2) is 28.4 Å². The number of nitrogens with one attached hydrogen (secondary N) is 1. The quantitative estimate of drug-likeness (QED) is 0.424. The van der Waals surface area contributed by atoms with Crippen molar-refractivity contribution in [1.29, 1.82) is 5.26 Å². The number of unbranched alkanes of at least 4 members (excludes halogenated alkanes) is 5. The van der Waals surface area contributed by atoms with Crippen molar-refractivity contribution in [3.05, 3.63) is 29.7 Å². The summed E-state index contributed by atoms with van der Waals surface area (Å²) in [5.74, 6) is 0.175. The molecular formula is C16H22N2O2. The summed E-state index contributed by atoms with van der Waals surface area (Å²) in [5.41, 5.74) is 0.0749. The van der Waals surface area contributed by atoms with Crippen LogP contribution in [-0.2, 0) is 4.79 Å². The zero-order valence-corrected chi connectivity index (χ0v) is 12.0. The van der Waals surface area contributed by atoms with E-state index in [4.69, 9.17) is 9.68 Å². The van der Waals surface area contributed by atoms with Gasteiger partial charge in [-0.25, -0.2) is 0 Å². The van der Waals surface area contributed by atoms with E-state index >= 15 is 0 Å². The largest absolute Gasteiger partial charge is 0.465 e. The van der Waals surface area contributed by atoms with Crippen molar-refractivity contribution in [2.45, 2.75) is 45.4 Å². The predicted octanol–water partition coefficient (Wildman–Crippen LogP) is 3.66. The minimum atomic E-state index is -0.336. The van der Waals surface area contributed by atoms with Gasteiger partial charge < -0.3 is 9.73 Å². The van der Waals surface area contributed by atoms with E-state index in [1.165, 1.54) is 38.0 Å². The molecule has 108 valence electrons. The van der Waals surface area contributed by atoms with Crippen molar-refractivity contribution >= 4 is 12.0 Å². The lowest BCUT2D eigenvalue weighted by Crippen LogP contribution is -2.25. The maximum atomic E-state index is 11.8. The van der Waals surface area contributed by atoms with Crippen LogP contribution >= 0.6 is 0 Å². The van der Waals surface area contributed by atoms with Crippen LogP contribution in [0.3, 0.4) is 0 Å². The Labute approximate surface area is 120 Å². The van der Waals surface area contributed by atoms with Crippen LogP contribution in [0.25, 0.3) is 6.08 Å². The molecule has 1 amide bonds. The van der Waals surface area contributed by atoms with Gasteiger partial charge in [0.05, 0.1) is 6.26 Å². The van der Waals surface area contributed by atoms with Gasteiger partial charge in [0.2, 0.25) is 0 Å². The van der Waals surface area contributed by atoms with Crippen molar-refractivity contribution in [2.75, 3.05) is 6.54 Å². The molecule has 0 aliphatic rings. The number of rotatable bonds is 9. The maximum absolute atomic E-state index is 11.8. The number of hydrogen-bond donors (Lipinski definition) is 1. The predicted molar refractivity (Wildman–Crippen MR) is 78.7 cm³/mol. The van der Waals surface area contributed by atoms with Crippen molar-refractivity contribution in [1.82, 2.24) is 5.32 Å². The van der Waals surface area contributed by atoms with Gasteiger partial charge in [-0.15, -0.1) is 0 Å². The van der Waals surface area contributed by atoms with E-state index in [0.717, 1.165) is 12.8 Å². The highest BCUT2D eigenvalue weighted by Crippen LogP contribution is 2.07. The second-order valence-electron chi connectivity index (χ2n) is 4.71.